The Morgan fingerprint density at radius 1 is 1.33 bits per heavy atom. The topological polar surface area (TPSA) is 66.5 Å². The molecule has 0 spiro atoms. The summed E-state index contributed by atoms with van der Waals surface area (Å²) in [5, 5.41) is 2.59. The fourth-order valence-electron chi connectivity index (χ4n) is 2.00. The Morgan fingerprint density at radius 2 is 1.95 bits per heavy atom. The van der Waals surface area contributed by atoms with Gasteiger partial charge in [-0.1, -0.05) is 6.07 Å². The molecule has 0 aliphatic heterocycles. The molecular weight excluding hydrogens is 295 g/mol. The smallest absolute Gasteiger partial charge is 0.251 e. The molecule has 1 amide bonds. The van der Waals surface area contributed by atoms with Gasteiger partial charge in [-0.25, -0.2) is 12.8 Å². The molecule has 0 aliphatic carbocycles. The van der Waals surface area contributed by atoms with Gasteiger partial charge >= 0.3 is 0 Å². The second-order valence-corrected chi connectivity index (χ2v) is 7.68. The highest BCUT2D eigenvalue weighted by Gasteiger charge is 2.28. The molecular formula is C14H21FN2O3S. The molecule has 0 bridgehead atoms. The van der Waals surface area contributed by atoms with E-state index in [1.165, 1.54) is 22.5 Å². The minimum absolute atomic E-state index is 0.152. The highest BCUT2D eigenvalue weighted by Crippen LogP contribution is 2.16. The SMILES string of the molecule is CC(C)(C)N(CCNC(=O)c1cccc(F)c1)S(C)(=O)=O. The molecule has 1 rings (SSSR count). The summed E-state index contributed by atoms with van der Waals surface area (Å²) in [6.07, 6.45) is 1.13. The Hall–Kier alpha value is -1.47. The number of sulfonamides is 1. The third-order valence-corrected chi connectivity index (χ3v) is 4.37. The van der Waals surface area contributed by atoms with Crippen molar-refractivity contribution in [3.63, 3.8) is 0 Å². The molecule has 1 aromatic carbocycles. The summed E-state index contributed by atoms with van der Waals surface area (Å²) in [4.78, 5) is 11.8. The van der Waals surface area contributed by atoms with Gasteiger partial charge in [-0.3, -0.25) is 4.79 Å². The molecule has 0 atom stereocenters. The number of halogens is 1. The van der Waals surface area contributed by atoms with E-state index in [2.05, 4.69) is 5.32 Å². The van der Waals surface area contributed by atoms with Crippen LogP contribution in [0.25, 0.3) is 0 Å². The van der Waals surface area contributed by atoms with Crippen LogP contribution in [0.15, 0.2) is 24.3 Å². The predicted octanol–water partition coefficient (Wildman–Crippen LogP) is 1.62. The standard InChI is InChI=1S/C14H21FN2O3S/c1-14(2,3)17(21(4,19)20)9-8-16-13(18)11-6-5-7-12(15)10-11/h5-7,10H,8-9H2,1-4H3,(H,16,18). The first-order valence-electron chi connectivity index (χ1n) is 6.53. The van der Waals surface area contributed by atoms with E-state index in [-0.39, 0.29) is 18.7 Å². The first-order chi connectivity index (χ1) is 9.51. The van der Waals surface area contributed by atoms with Gasteiger partial charge in [-0.2, -0.15) is 4.31 Å². The van der Waals surface area contributed by atoms with Crippen molar-refractivity contribution in [1.29, 1.82) is 0 Å². The molecule has 0 saturated heterocycles. The molecule has 1 N–H and O–H groups in total. The third-order valence-electron chi connectivity index (χ3n) is 2.84. The van der Waals surface area contributed by atoms with Crippen molar-refractivity contribution in [2.45, 2.75) is 26.3 Å². The molecule has 0 aromatic heterocycles. The maximum absolute atomic E-state index is 13.0. The Morgan fingerprint density at radius 3 is 2.43 bits per heavy atom. The summed E-state index contributed by atoms with van der Waals surface area (Å²) < 4.78 is 37.8. The molecule has 118 valence electrons. The first-order valence-corrected chi connectivity index (χ1v) is 8.38. The van der Waals surface area contributed by atoms with E-state index in [1.807, 2.05) is 0 Å². The van der Waals surface area contributed by atoms with Gasteiger partial charge in [-0.15, -0.1) is 0 Å². The van der Waals surface area contributed by atoms with Crippen LogP contribution in [0.1, 0.15) is 31.1 Å². The number of benzene rings is 1. The van der Waals surface area contributed by atoms with E-state index in [0.29, 0.717) is 0 Å². The monoisotopic (exact) mass is 316 g/mol. The normalized spacial score (nSPS) is 12.5. The van der Waals surface area contributed by atoms with Crippen LogP contribution in [0.3, 0.4) is 0 Å². The number of nitrogens with zero attached hydrogens (tertiary/aromatic N) is 1. The van der Waals surface area contributed by atoms with Crippen LogP contribution >= 0.6 is 0 Å². The number of nitrogens with one attached hydrogen (secondary N) is 1. The van der Waals surface area contributed by atoms with E-state index < -0.39 is 27.3 Å². The summed E-state index contributed by atoms with van der Waals surface area (Å²) in [5.74, 6) is -0.924. The number of carbonyl (C=O) groups is 1. The van der Waals surface area contributed by atoms with Crippen LogP contribution in [0.4, 0.5) is 4.39 Å². The zero-order valence-electron chi connectivity index (χ0n) is 12.7. The van der Waals surface area contributed by atoms with Gasteiger partial charge in [0.25, 0.3) is 5.91 Å². The van der Waals surface area contributed by atoms with E-state index in [9.17, 15) is 17.6 Å². The maximum Gasteiger partial charge on any atom is 0.251 e. The fraction of sp³-hybridized carbons (Fsp3) is 0.500. The van der Waals surface area contributed by atoms with Crippen molar-refractivity contribution in [1.82, 2.24) is 9.62 Å². The van der Waals surface area contributed by atoms with Crippen molar-refractivity contribution in [3.8, 4) is 0 Å². The zero-order valence-corrected chi connectivity index (χ0v) is 13.5. The van der Waals surface area contributed by atoms with Crippen molar-refractivity contribution >= 4 is 15.9 Å². The van der Waals surface area contributed by atoms with Crippen LogP contribution in [-0.2, 0) is 10.0 Å². The van der Waals surface area contributed by atoms with Gasteiger partial charge in [0, 0.05) is 24.2 Å². The number of hydrogen-bond acceptors (Lipinski definition) is 3. The summed E-state index contributed by atoms with van der Waals surface area (Å²) in [6, 6.07) is 5.33. The second kappa shape index (κ2) is 6.53. The summed E-state index contributed by atoms with van der Waals surface area (Å²) in [6.45, 7) is 5.65. The summed E-state index contributed by atoms with van der Waals surface area (Å²) >= 11 is 0. The molecule has 21 heavy (non-hydrogen) atoms. The van der Waals surface area contributed by atoms with Gasteiger partial charge < -0.3 is 5.32 Å². The molecule has 0 aliphatic rings. The highest BCUT2D eigenvalue weighted by atomic mass is 32.2. The van der Waals surface area contributed by atoms with Gasteiger partial charge in [0.05, 0.1) is 6.26 Å². The number of hydrogen-bond donors (Lipinski definition) is 1. The number of rotatable bonds is 5. The molecule has 0 saturated carbocycles. The minimum Gasteiger partial charge on any atom is -0.351 e. The lowest BCUT2D eigenvalue weighted by Crippen LogP contribution is -2.48. The molecule has 0 heterocycles. The van der Waals surface area contributed by atoms with Crippen LogP contribution in [-0.4, -0.2) is 43.5 Å². The summed E-state index contributed by atoms with van der Waals surface area (Å²) in [5.41, 5.74) is -0.367. The molecule has 1 aromatic rings. The highest BCUT2D eigenvalue weighted by molar-refractivity contribution is 7.88. The van der Waals surface area contributed by atoms with Crippen LogP contribution in [0.5, 0.6) is 0 Å². The lowest BCUT2D eigenvalue weighted by atomic mass is 10.1. The van der Waals surface area contributed by atoms with Gasteiger partial charge in [0.15, 0.2) is 0 Å². The lowest BCUT2D eigenvalue weighted by molar-refractivity contribution is 0.0947. The predicted molar refractivity (Wildman–Crippen MR) is 80.0 cm³/mol. The van der Waals surface area contributed by atoms with Gasteiger partial charge in [0.2, 0.25) is 10.0 Å². The van der Waals surface area contributed by atoms with Gasteiger partial charge in [0.1, 0.15) is 5.82 Å². The van der Waals surface area contributed by atoms with Crippen LogP contribution in [0.2, 0.25) is 0 Å². The minimum atomic E-state index is -3.37. The summed E-state index contributed by atoms with van der Waals surface area (Å²) in [7, 11) is -3.37. The largest absolute Gasteiger partial charge is 0.351 e. The van der Waals surface area contributed by atoms with Crippen molar-refractivity contribution in [3.05, 3.63) is 35.6 Å². The van der Waals surface area contributed by atoms with Gasteiger partial charge in [-0.05, 0) is 39.0 Å². The molecule has 0 unspecified atom stereocenters. The van der Waals surface area contributed by atoms with Crippen molar-refractivity contribution in [2.75, 3.05) is 19.3 Å². The van der Waals surface area contributed by atoms with Crippen molar-refractivity contribution in [2.24, 2.45) is 0 Å². The van der Waals surface area contributed by atoms with Crippen LogP contribution < -0.4 is 5.32 Å². The molecule has 5 nitrogen and oxygen atoms in total. The molecule has 7 heteroatoms. The molecule has 0 fully saturated rings. The fourth-order valence-corrected chi connectivity index (χ4v) is 3.42. The Balaban J connectivity index is 2.65. The Kier molecular flexibility index (Phi) is 5.47. The lowest BCUT2D eigenvalue weighted by Gasteiger charge is -2.33. The quantitative estimate of drug-likeness (QED) is 0.897. The zero-order chi connectivity index (χ0) is 16.3. The van der Waals surface area contributed by atoms with Crippen molar-refractivity contribution < 1.29 is 17.6 Å². The van der Waals surface area contributed by atoms with E-state index >= 15 is 0 Å². The average Bonchev–Trinajstić information content (AvgIpc) is 2.31. The van der Waals surface area contributed by atoms with E-state index in [1.54, 1.807) is 20.8 Å². The average molecular weight is 316 g/mol. The Labute approximate surface area is 125 Å². The second-order valence-electron chi connectivity index (χ2n) is 5.77. The first kappa shape index (κ1) is 17.6. The Bertz CT molecular complexity index is 609. The third kappa shape index (κ3) is 5.43. The maximum atomic E-state index is 13.0. The molecule has 0 radical (unpaired) electrons. The van der Waals surface area contributed by atoms with E-state index in [4.69, 9.17) is 0 Å². The van der Waals surface area contributed by atoms with Crippen LogP contribution in [0, 0.1) is 5.82 Å². The number of amides is 1. The van der Waals surface area contributed by atoms with E-state index in [0.717, 1.165) is 12.3 Å². The number of carbonyl (C=O) groups excluding carboxylic acids is 1.